The van der Waals surface area contributed by atoms with Gasteiger partial charge < -0.3 is 19.1 Å². The molecule has 166 valence electrons. The highest BCUT2D eigenvalue weighted by Gasteiger charge is 2.46. The van der Waals surface area contributed by atoms with Gasteiger partial charge in [0.2, 0.25) is 0 Å². The smallest absolute Gasteiger partial charge is 0.336 e. The van der Waals surface area contributed by atoms with E-state index in [-0.39, 0.29) is 29.3 Å². The predicted molar refractivity (Wildman–Crippen MR) is 107 cm³/mol. The third kappa shape index (κ3) is 4.71. The van der Waals surface area contributed by atoms with E-state index in [1.165, 1.54) is 14.2 Å². The summed E-state index contributed by atoms with van der Waals surface area (Å²) in [6.07, 6.45) is 2.82. The van der Waals surface area contributed by atoms with Gasteiger partial charge in [-0.3, -0.25) is 19.4 Å². The van der Waals surface area contributed by atoms with E-state index < -0.39 is 36.4 Å². The molecule has 1 amide bonds. The maximum absolute atomic E-state index is 13.0. The molecule has 0 bridgehead atoms. The molecule has 1 fully saturated rings. The second-order valence-corrected chi connectivity index (χ2v) is 7.76. The maximum Gasteiger partial charge on any atom is 0.336 e. The van der Waals surface area contributed by atoms with E-state index in [2.05, 4.69) is 4.99 Å². The summed E-state index contributed by atoms with van der Waals surface area (Å²) in [6, 6.07) is 0.110. The Hall–Kier alpha value is -2.71. The van der Waals surface area contributed by atoms with Crippen LogP contribution in [0.5, 0.6) is 0 Å². The first kappa shape index (κ1) is 23.6. The number of carbonyl (C=O) groups excluding carboxylic acids is 4. The van der Waals surface area contributed by atoms with Crippen LogP contribution < -0.4 is 0 Å². The minimum absolute atomic E-state index is 0.0552. The number of hydrogen-bond donors (Lipinski definition) is 0. The summed E-state index contributed by atoms with van der Waals surface area (Å²) < 4.78 is 14.9. The second kappa shape index (κ2) is 9.86. The van der Waals surface area contributed by atoms with E-state index in [1.807, 2.05) is 13.8 Å². The van der Waals surface area contributed by atoms with Crippen molar-refractivity contribution in [2.45, 2.75) is 59.0 Å². The van der Waals surface area contributed by atoms with Gasteiger partial charge in [-0.2, -0.15) is 0 Å². The molecule has 30 heavy (non-hydrogen) atoms. The van der Waals surface area contributed by atoms with E-state index in [0.717, 1.165) is 19.3 Å². The first-order chi connectivity index (χ1) is 14.1. The molecule has 0 saturated carbocycles. The van der Waals surface area contributed by atoms with Crippen molar-refractivity contribution in [3.8, 4) is 0 Å². The van der Waals surface area contributed by atoms with Crippen LogP contribution in [0.2, 0.25) is 0 Å². The van der Waals surface area contributed by atoms with Gasteiger partial charge in [-0.25, -0.2) is 4.79 Å². The molecule has 2 rings (SSSR count). The summed E-state index contributed by atoms with van der Waals surface area (Å²) in [7, 11) is 2.36. The molecule has 0 aromatic carbocycles. The molecule has 1 unspecified atom stereocenters. The summed E-state index contributed by atoms with van der Waals surface area (Å²) in [6.45, 7) is 6.57. The summed E-state index contributed by atoms with van der Waals surface area (Å²) >= 11 is 0. The number of piperidine rings is 1. The summed E-state index contributed by atoms with van der Waals surface area (Å²) in [5.41, 5.74) is 0.500. The predicted octanol–water partition coefficient (Wildman–Crippen LogP) is 1.65. The average Bonchev–Trinajstić information content (AvgIpc) is 2.70. The number of hydrogen-bond acceptors (Lipinski definition) is 8. The van der Waals surface area contributed by atoms with Gasteiger partial charge in [0.25, 0.3) is 5.91 Å². The van der Waals surface area contributed by atoms with Gasteiger partial charge >= 0.3 is 17.9 Å². The maximum atomic E-state index is 13.0. The van der Waals surface area contributed by atoms with Crippen LogP contribution in [-0.4, -0.2) is 67.3 Å². The van der Waals surface area contributed by atoms with Crippen LogP contribution in [0.1, 0.15) is 47.0 Å². The topological polar surface area (TPSA) is 112 Å². The zero-order chi connectivity index (χ0) is 22.6. The van der Waals surface area contributed by atoms with Gasteiger partial charge in [-0.1, -0.05) is 0 Å². The van der Waals surface area contributed by atoms with Crippen molar-refractivity contribution >= 4 is 29.5 Å². The highest BCUT2D eigenvalue weighted by Crippen LogP contribution is 2.33. The van der Waals surface area contributed by atoms with Crippen LogP contribution in [0.3, 0.4) is 0 Å². The standard InChI is InChI=1S/C21H30N2O7/c1-11-8-7-9-12(2)23(11)15(24)10-30-21(27)18-16(19(25)28-5)13(3)22-14(4)17(18)20(26)29-6/h11-12,16,18H,7-10H2,1-6H3/t11-,12-,16?,18+/m0/s1. The number of carbonyl (C=O) groups is 4. The van der Waals surface area contributed by atoms with Crippen molar-refractivity contribution in [1.82, 2.24) is 4.90 Å². The van der Waals surface area contributed by atoms with E-state index in [4.69, 9.17) is 14.2 Å². The third-order valence-corrected chi connectivity index (χ3v) is 5.76. The van der Waals surface area contributed by atoms with Gasteiger partial charge in [0.15, 0.2) is 6.61 Å². The highest BCUT2D eigenvalue weighted by atomic mass is 16.5. The quantitative estimate of drug-likeness (QED) is 0.489. The molecule has 9 heteroatoms. The lowest BCUT2D eigenvalue weighted by Gasteiger charge is -2.39. The number of allylic oxidation sites excluding steroid dienone is 1. The van der Waals surface area contributed by atoms with Crippen molar-refractivity contribution < 1.29 is 33.4 Å². The monoisotopic (exact) mass is 422 g/mol. The van der Waals surface area contributed by atoms with Crippen LogP contribution >= 0.6 is 0 Å². The fourth-order valence-corrected chi connectivity index (χ4v) is 4.31. The van der Waals surface area contributed by atoms with E-state index in [9.17, 15) is 19.2 Å². The number of nitrogens with zero attached hydrogens (tertiary/aromatic N) is 2. The number of methoxy groups -OCH3 is 2. The number of rotatable bonds is 5. The molecule has 2 aliphatic heterocycles. The van der Waals surface area contributed by atoms with Crippen molar-refractivity contribution in [2.75, 3.05) is 20.8 Å². The second-order valence-electron chi connectivity index (χ2n) is 7.76. The Labute approximate surface area is 176 Å². The van der Waals surface area contributed by atoms with Crippen LogP contribution in [0.25, 0.3) is 0 Å². The Morgan fingerprint density at radius 3 is 2.10 bits per heavy atom. The fraction of sp³-hybridized carbons (Fsp3) is 0.667. The van der Waals surface area contributed by atoms with Crippen molar-refractivity contribution in [2.24, 2.45) is 16.8 Å². The van der Waals surface area contributed by atoms with Crippen LogP contribution in [-0.2, 0) is 33.4 Å². The molecule has 9 nitrogen and oxygen atoms in total. The average molecular weight is 422 g/mol. The molecule has 1 saturated heterocycles. The van der Waals surface area contributed by atoms with Crippen molar-refractivity contribution in [1.29, 1.82) is 0 Å². The lowest BCUT2D eigenvalue weighted by atomic mass is 9.80. The molecule has 0 aliphatic carbocycles. The van der Waals surface area contributed by atoms with Crippen LogP contribution in [0, 0.1) is 11.8 Å². The molecule has 2 aliphatic rings. The molecule has 0 aromatic heterocycles. The summed E-state index contributed by atoms with van der Waals surface area (Å²) in [5, 5.41) is 0. The van der Waals surface area contributed by atoms with Crippen molar-refractivity contribution in [3.63, 3.8) is 0 Å². The molecular weight excluding hydrogens is 392 g/mol. The molecule has 0 spiro atoms. The molecule has 0 N–H and O–H groups in total. The summed E-state index contributed by atoms with van der Waals surface area (Å²) in [5.74, 6) is -5.13. The van der Waals surface area contributed by atoms with Gasteiger partial charge in [-0.15, -0.1) is 0 Å². The highest BCUT2D eigenvalue weighted by molar-refractivity contribution is 6.10. The minimum atomic E-state index is -1.30. The SMILES string of the molecule is COC(=O)C1=C(C)N=C(C)C(C(=O)OC)[C@H]1C(=O)OCC(=O)N1[C@@H](C)CCC[C@@H]1C. The van der Waals surface area contributed by atoms with E-state index >= 15 is 0 Å². The van der Waals surface area contributed by atoms with Crippen LogP contribution in [0.4, 0.5) is 0 Å². The van der Waals surface area contributed by atoms with Gasteiger partial charge in [0, 0.05) is 23.5 Å². The van der Waals surface area contributed by atoms with Crippen molar-refractivity contribution in [3.05, 3.63) is 11.3 Å². The fourth-order valence-electron chi connectivity index (χ4n) is 4.31. The molecular formula is C21H30N2O7. The lowest BCUT2D eigenvalue weighted by Crippen LogP contribution is -2.49. The normalized spacial score (nSPS) is 26.6. The Morgan fingerprint density at radius 2 is 1.57 bits per heavy atom. The Balaban J connectivity index is 2.26. The van der Waals surface area contributed by atoms with Gasteiger partial charge in [0.05, 0.1) is 19.8 Å². The zero-order valence-electron chi connectivity index (χ0n) is 18.4. The first-order valence-corrected chi connectivity index (χ1v) is 10.0. The number of likely N-dealkylation sites (tertiary alicyclic amines) is 1. The number of amides is 1. The van der Waals surface area contributed by atoms with Crippen LogP contribution in [0.15, 0.2) is 16.3 Å². The summed E-state index contributed by atoms with van der Waals surface area (Å²) in [4.78, 5) is 56.4. The lowest BCUT2D eigenvalue weighted by molar-refractivity contribution is -0.161. The Morgan fingerprint density at radius 1 is 0.967 bits per heavy atom. The minimum Gasteiger partial charge on any atom is -0.468 e. The molecule has 0 radical (unpaired) electrons. The molecule has 2 heterocycles. The molecule has 4 atom stereocenters. The third-order valence-electron chi connectivity index (χ3n) is 5.76. The van der Waals surface area contributed by atoms with Gasteiger partial charge in [0.1, 0.15) is 11.8 Å². The Bertz CT molecular complexity index is 776. The first-order valence-electron chi connectivity index (χ1n) is 10.0. The molecule has 0 aromatic rings. The van der Waals surface area contributed by atoms with E-state index in [0.29, 0.717) is 5.71 Å². The Kier molecular flexibility index (Phi) is 7.75. The number of ether oxygens (including phenoxy) is 3. The van der Waals surface area contributed by atoms with E-state index in [1.54, 1.807) is 18.7 Å². The number of esters is 3. The van der Waals surface area contributed by atoms with Gasteiger partial charge in [-0.05, 0) is 47.0 Å². The number of aliphatic imine (C=N–C) groups is 1. The zero-order valence-corrected chi connectivity index (χ0v) is 18.4. The largest absolute Gasteiger partial charge is 0.468 e.